The van der Waals surface area contributed by atoms with Gasteiger partial charge in [0.25, 0.3) is 5.91 Å². The predicted molar refractivity (Wildman–Crippen MR) is 132 cm³/mol. The third-order valence-corrected chi connectivity index (χ3v) is 8.64. The van der Waals surface area contributed by atoms with E-state index >= 15 is 0 Å². The minimum Gasteiger partial charge on any atom is -0.372 e. The molecular weight excluding hydrogens is 526 g/mol. The SMILES string of the molecule is N#Cc1cc2c(c(C(F)(F)F)c1)C(O)(c1ccc(Cl)cc1Cl)C(=O)N2C[C@H]1C[C@@H](N(C2CC2)C2CC2)C1. The summed E-state index contributed by atoms with van der Waals surface area (Å²) in [6.07, 6.45) is 1.61. The van der Waals surface area contributed by atoms with E-state index in [1.165, 1.54) is 54.8 Å². The first kappa shape index (κ1) is 25.0. The molecule has 3 saturated carbocycles. The number of anilines is 1. The number of amides is 1. The third kappa shape index (κ3) is 4.11. The number of nitrogens with zero attached hydrogens (tertiary/aromatic N) is 3. The van der Waals surface area contributed by atoms with Crippen LogP contribution in [0.4, 0.5) is 18.9 Å². The molecular formula is C27H24Cl2F3N3O2. The Balaban J connectivity index is 1.39. The van der Waals surface area contributed by atoms with Crippen molar-refractivity contribution in [3.8, 4) is 6.07 Å². The van der Waals surface area contributed by atoms with E-state index in [2.05, 4.69) is 4.90 Å². The minimum absolute atomic E-state index is 0.0740. The van der Waals surface area contributed by atoms with E-state index in [9.17, 15) is 28.3 Å². The Labute approximate surface area is 222 Å². The molecule has 0 bridgehead atoms. The standard InChI is InChI=1S/C27H24Cl2F3N3O2/c28-16-1-6-20(22(29)11-16)26(37)24-21(27(30,31)32)9-14(12-33)10-23(24)34(25(26)36)13-15-7-19(8-15)35(17-2-3-17)18-4-5-18/h1,6,9-11,15,17-19,37H,2-5,7-8,13H2/t15-,19+,26?. The Hall–Kier alpha value is -2.31. The first-order valence-electron chi connectivity index (χ1n) is 12.5. The molecule has 10 heteroatoms. The van der Waals surface area contributed by atoms with Crippen LogP contribution in [0.15, 0.2) is 30.3 Å². The maximum absolute atomic E-state index is 14.3. The molecule has 6 rings (SSSR count). The van der Waals surface area contributed by atoms with Gasteiger partial charge in [-0.15, -0.1) is 0 Å². The van der Waals surface area contributed by atoms with Crippen molar-refractivity contribution in [1.29, 1.82) is 5.26 Å². The van der Waals surface area contributed by atoms with Crippen LogP contribution in [0.2, 0.25) is 10.0 Å². The normalized spacial score (nSPS) is 27.3. The number of fused-ring (bicyclic) bond motifs is 1. The molecule has 1 amide bonds. The second-order valence-corrected chi connectivity index (χ2v) is 11.5. The largest absolute Gasteiger partial charge is 0.416 e. The van der Waals surface area contributed by atoms with Crippen LogP contribution in [0, 0.1) is 17.2 Å². The van der Waals surface area contributed by atoms with E-state index in [1.807, 2.05) is 0 Å². The molecule has 0 aromatic heterocycles. The third-order valence-electron chi connectivity index (χ3n) is 8.09. The molecule has 1 N–H and O–H groups in total. The van der Waals surface area contributed by atoms with Gasteiger partial charge in [-0.1, -0.05) is 29.3 Å². The lowest BCUT2D eigenvalue weighted by atomic mass is 9.78. The Morgan fingerprint density at radius 1 is 1.08 bits per heavy atom. The van der Waals surface area contributed by atoms with Gasteiger partial charge in [-0.25, -0.2) is 0 Å². The Bertz CT molecular complexity index is 1320. The number of rotatable bonds is 6. The van der Waals surface area contributed by atoms with Crippen molar-refractivity contribution in [2.75, 3.05) is 11.4 Å². The van der Waals surface area contributed by atoms with Gasteiger partial charge in [0, 0.05) is 45.8 Å². The molecule has 2 aromatic carbocycles. The molecule has 5 nitrogen and oxygen atoms in total. The quantitative estimate of drug-likeness (QED) is 0.489. The fraction of sp³-hybridized carbons (Fsp3) is 0.481. The van der Waals surface area contributed by atoms with Crippen LogP contribution >= 0.6 is 23.2 Å². The molecule has 0 radical (unpaired) electrons. The van der Waals surface area contributed by atoms with Crippen LogP contribution in [0.1, 0.15) is 60.8 Å². The zero-order valence-electron chi connectivity index (χ0n) is 19.7. The van der Waals surface area contributed by atoms with Gasteiger partial charge in [-0.2, -0.15) is 18.4 Å². The highest BCUT2D eigenvalue weighted by Gasteiger charge is 2.57. The van der Waals surface area contributed by atoms with Gasteiger partial charge in [0.1, 0.15) is 0 Å². The van der Waals surface area contributed by atoms with Crippen molar-refractivity contribution in [1.82, 2.24) is 4.90 Å². The van der Waals surface area contributed by atoms with Crippen molar-refractivity contribution >= 4 is 34.8 Å². The summed E-state index contributed by atoms with van der Waals surface area (Å²) in [6.45, 7) is 0.158. The molecule has 2 aromatic rings. The molecule has 37 heavy (non-hydrogen) atoms. The number of nitriles is 1. The highest BCUT2D eigenvalue weighted by molar-refractivity contribution is 6.35. The Morgan fingerprint density at radius 3 is 2.27 bits per heavy atom. The summed E-state index contributed by atoms with van der Waals surface area (Å²) in [5, 5.41) is 21.4. The van der Waals surface area contributed by atoms with Crippen molar-refractivity contribution in [2.45, 2.75) is 68.4 Å². The van der Waals surface area contributed by atoms with Crippen molar-refractivity contribution in [3.63, 3.8) is 0 Å². The fourth-order valence-electron chi connectivity index (χ4n) is 6.12. The summed E-state index contributed by atoms with van der Waals surface area (Å²) >= 11 is 12.3. The van der Waals surface area contributed by atoms with E-state index in [-0.39, 0.29) is 39.3 Å². The van der Waals surface area contributed by atoms with E-state index in [4.69, 9.17) is 23.2 Å². The molecule has 3 fully saturated rings. The molecule has 3 aliphatic carbocycles. The molecule has 4 aliphatic rings. The number of hydrogen-bond donors (Lipinski definition) is 1. The number of halogens is 5. The Kier molecular flexibility index (Phi) is 5.81. The maximum Gasteiger partial charge on any atom is 0.416 e. The fourth-order valence-corrected chi connectivity index (χ4v) is 6.67. The monoisotopic (exact) mass is 549 g/mol. The number of aliphatic hydroxyl groups is 1. The molecule has 1 unspecified atom stereocenters. The number of carbonyl (C=O) groups excluding carboxylic acids is 1. The average Bonchev–Trinajstić information content (AvgIpc) is 3.73. The van der Waals surface area contributed by atoms with Gasteiger partial charge >= 0.3 is 6.18 Å². The van der Waals surface area contributed by atoms with Crippen molar-refractivity contribution in [3.05, 3.63) is 62.6 Å². The number of hydrogen-bond acceptors (Lipinski definition) is 4. The molecule has 1 heterocycles. The molecule has 0 saturated heterocycles. The molecule has 1 aliphatic heterocycles. The second kappa shape index (κ2) is 8.60. The number of carbonyl (C=O) groups is 1. The summed E-state index contributed by atoms with van der Waals surface area (Å²) in [7, 11) is 0. The summed E-state index contributed by atoms with van der Waals surface area (Å²) in [4.78, 5) is 17.7. The highest BCUT2D eigenvalue weighted by Crippen LogP contribution is 2.53. The summed E-state index contributed by atoms with van der Waals surface area (Å²) in [5.74, 6) is -0.832. The van der Waals surface area contributed by atoms with E-state index in [0.717, 1.165) is 12.8 Å². The lowest BCUT2D eigenvalue weighted by molar-refractivity contribution is -0.142. The van der Waals surface area contributed by atoms with Gasteiger partial charge in [-0.05, 0) is 68.7 Å². The molecule has 1 atom stereocenters. The Morgan fingerprint density at radius 2 is 1.73 bits per heavy atom. The minimum atomic E-state index is -4.92. The van der Waals surface area contributed by atoms with Crippen LogP contribution in [-0.4, -0.2) is 40.6 Å². The van der Waals surface area contributed by atoms with E-state index in [1.54, 1.807) is 6.07 Å². The topological polar surface area (TPSA) is 67.6 Å². The summed E-state index contributed by atoms with van der Waals surface area (Å²) in [6, 6.07) is 9.30. The first-order valence-corrected chi connectivity index (χ1v) is 13.2. The van der Waals surface area contributed by atoms with Gasteiger partial charge in [0.05, 0.1) is 22.9 Å². The molecule has 0 spiro atoms. The maximum atomic E-state index is 14.3. The van der Waals surface area contributed by atoms with Crippen LogP contribution in [0.3, 0.4) is 0 Å². The van der Waals surface area contributed by atoms with Crippen LogP contribution in [0.5, 0.6) is 0 Å². The van der Waals surface area contributed by atoms with E-state index < -0.39 is 28.8 Å². The van der Waals surface area contributed by atoms with Crippen molar-refractivity contribution in [2.24, 2.45) is 5.92 Å². The van der Waals surface area contributed by atoms with Gasteiger partial charge < -0.3 is 10.0 Å². The number of alkyl halides is 3. The smallest absolute Gasteiger partial charge is 0.372 e. The second-order valence-electron chi connectivity index (χ2n) is 10.7. The molecule has 194 valence electrons. The first-order chi connectivity index (χ1) is 17.5. The zero-order chi connectivity index (χ0) is 26.3. The van der Waals surface area contributed by atoms with Crippen LogP contribution in [0.25, 0.3) is 0 Å². The van der Waals surface area contributed by atoms with E-state index in [0.29, 0.717) is 24.2 Å². The summed E-state index contributed by atoms with van der Waals surface area (Å²) < 4.78 is 42.8. The summed E-state index contributed by atoms with van der Waals surface area (Å²) in [5.41, 5.74) is -5.02. The van der Waals surface area contributed by atoms with Crippen LogP contribution in [-0.2, 0) is 16.6 Å². The lowest BCUT2D eigenvalue weighted by Crippen LogP contribution is -2.51. The van der Waals surface area contributed by atoms with Gasteiger partial charge in [-0.3, -0.25) is 9.69 Å². The van der Waals surface area contributed by atoms with Gasteiger partial charge in [0.2, 0.25) is 0 Å². The van der Waals surface area contributed by atoms with Crippen molar-refractivity contribution < 1.29 is 23.1 Å². The highest BCUT2D eigenvalue weighted by atomic mass is 35.5. The number of benzene rings is 2. The van der Waals surface area contributed by atoms with Crippen LogP contribution < -0.4 is 4.90 Å². The average molecular weight is 550 g/mol. The lowest BCUT2D eigenvalue weighted by Gasteiger charge is -2.45. The van der Waals surface area contributed by atoms with Gasteiger partial charge in [0.15, 0.2) is 5.60 Å². The predicted octanol–water partition coefficient (Wildman–Crippen LogP) is 5.87. The zero-order valence-corrected chi connectivity index (χ0v) is 21.2.